The van der Waals surface area contributed by atoms with Gasteiger partial charge in [0.25, 0.3) is 0 Å². The summed E-state index contributed by atoms with van der Waals surface area (Å²) in [5.41, 5.74) is 8.74. The first-order valence-electron chi connectivity index (χ1n) is 5.22. The molecule has 0 atom stereocenters. The topological polar surface area (TPSA) is 43.8 Å². The highest BCUT2D eigenvalue weighted by molar-refractivity contribution is 9.10. The Balaban J connectivity index is 2.34. The van der Waals surface area contributed by atoms with Crippen LogP contribution in [0.1, 0.15) is 11.4 Å². The summed E-state index contributed by atoms with van der Waals surface area (Å²) in [6.07, 6.45) is 0. The van der Waals surface area contributed by atoms with Gasteiger partial charge in [-0.2, -0.15) is 0 Å². The molecular formula is C12H14BrN3S. The van der Waals surface area contributed by atoms with Gasteiger partial charge in [0.05, 0.1) is 5.69 Å². The van der Waals surface area contributed by atoms with E-state index >= 15 is 0 Å². The van der Waals surface area contributed by atoms with Gasteiger partial charge >= 0.3 is 0 Å². The van der Waals surface area contributed by atoms with E-state index in [1.807, 2.05) is 32.2 Å². The summed E-state index contributed by atoms with van der Waals surface area (Å²) in [6.45, 7) is 4.10. The summed E-state index contributed by atoms with van der Waals surface area (Å²) in [5.74, 6) is 0. The Kier molecular flexibility index (Phi) is 3.49. The van der Waals surface area contributed by atoms with E-state index in [4.69, 9.17) is 5.73 Å². The van der Waals surface area contributed by atoms with Crippen LogP contribution in [-0.4, -0.2) is 9.55 Å². The van der Waals surface area contributed by atoms with E-state index in [1.54, 1.807) is 11.8 Å². The van der Waals surface area contributed by atoms with Crippen molar-refractivity contribution in [2.24, 2.45) is 7.05 Å². The van der Waals surface area contributed by atoms with Crippen molar-refractivity contribution in [2.45, 2.75) is 23.9 Å². The van der Waals surface area contributed by atoms with Gasteiger partial charge in [0.1, 0.15) is 0 Å². The van der Waals surface area contributed by atoms with Crippen molar-refractivity contribution < 1.29 is 0 Å². The van der Waals surface area contributed by atoms with E-state index in [0.717, 1.165) is 25.9 Å². The molecule has 90 valence electrons. The third-order valence-corrected chi connectivity index (χ3v) is 4.78. The third kappa shape index (κ3) is 2.50. The van der Waals surface area contributed by atoms with Crippen molar-refractivity contribution in [1.82, 2.24) is 9.55 Å². The smallest absolute Gasteiger partial charge is 0.173 e. The fourth-order valence-corrected chi connectivity index (χ4v) is 3.06. The molecule has 2 rings (SSSR count). The molecule has 1 aromatic heterocycles. The number of hydrogen-bond acceptors (Lipinski definition) is 3. The van der Waals surface area contributed by atoms with Crippen LogP contribution in [0.5, 0.6) is 0 Å². The summed E-state index contributed by atoms with van der Waals surface area (Å²) in [5, 5.41) is 0.991. The van der Waals surface area contributed by atoms with Crippen LogP contribution >= 0.6 is 27.7 Å². The Labute approximate surface area is 114 Å². The van der Waals surface area contributed by atoms with E-state index in [2.05, 4.69) is 32.4 Å². The molecule has 0 bridgehead atoms. The van der Waals surface area contributed by atoms with Gasteiger partial charge in [0.15, 0.2) is 5.16 Å². The number of nitrogens with zero attached hydrogens (tertiary/aromatic N) is 2. The third-order valence-electron chi connectivity index (χ3n) is 2.73. The Morgan fingerprint density at radius 3 is 2.59 bits per heavy atom. The second-order valence-corrected chi connectivity index (χ2v) is 5.78. The van der Waals surface area contributed by atoms with Crippen LogP contribution in [0.25, 0.3) is 0 Å². The molecule has 0 saturated carbocycles. The zero-order chi connectivity index (χ0) is 12.6. The SMILES string of the molecule is Cc1nc(Sc2ccc(N)cc2Br)n(C)c1C. The van der Waals surface area contributed by atoms with Crippen LogP contribution in [0.15, 0.2) is 32.7 Å². The summed E-state index contributed by atoms with van der Waals surface area (Å²) < 4.78 is 3.10. The van der Waals surface area contributed by atoms with Crippen molar-refractivity contribution in [3.05, 3.63) is 34.1 Å². The molecule has 0 aliphatic heterocycles. The Bertz CT molecular complexity index is 563. The summed E-state index contributed by atoms with van der Waals surface area (Å²) >= 11 is 5.15. The lowest BCUT2D eigenvalue weighted by Crippen LogP contribution is -1.93. The number of aromatic nitrogens is 2. The van der Waals surface area contributed by atoms with Crippen molar-refractivity contribution in [1.29, 1.82) is 0 Å². The number of nitrogens with two attached hydrogens (primary N) is 1. The highest BCUT2D eigenvalue weighted by atomic mass is 79.9. The lowest BCUT2D eigenvalue weighted by atomic mass is 10.3. The first-order valence-corrected chi connectivity index (χ1v) is 6.83. The van der Waals surface area contributed by atoms with Crippen LogP contribution in [0, 0.1) is 13.8 Å². The van der Waals surface area contributed by atoms with E-state index in [0.29, 0.717) is 0 Å². The van der Waals surface area contributed by atoms with Crippen molar-refractivity contribution in [3.8, 4) is 0 Å². The zero-order valence-electron chi connectivity index (χ0n) is 9.99. The number of anilines is 1. The van der Waals surface area contributed by atoms with E-state index in [1.165, 1.54) is 5.69 Å². The molecule has 3 nitrogen and oxygen atoms in total. The minimum atomic E-state index is 0.758. The molecule has 0 aliphatic carbocycles. The first kappa shape index (κ1) is 12.5. The lowest BCUT2D eigenvalue weighted by Gasteiger charge is -2.05. The maximum absolute atomic E-state index is 5.72. The van der Waals surface area contributed by atoms with Crippen molar-refractivity contribution in [2.75, 3.05) is 5.73 Å². The van der Waals surface area contributed by atoms with E-state index in [-0.39, 0.29) is 0 Å². The van der Waals surface area contributed by atoms with E-state index < -0.39 is 0 Å². The molecule has 1 aromatic carbocycles. The number of hydrogen-bond donors (Lipinski definition) is 1. The molecule has 0 aliphatic rings. The van der Waals surface area contributed by atoms with Crippen LogP contribution < -0.4 is 5.73 Å². The Hall–Kier alpha value is -0.940. The average molecular weight is 312 g/mol. The van der Waals surface area contributed by atoms with Crippen molar-refractivity contribution >= 4 is 33.4 Å². The molecule has 0 radical (unpaired) electrons. The highest BCUT2D eigenvalue weighted by Crippen LogP contribution is 2.34. The number of imidazole rings is 1. The second-order valence-electron chi connectivity index (χ2n) is 3.92. The fourth-order valence-electron chi connectivity index (χ4n) is 1.48. The van der Waals surface area contributed by atoms with Crippen molar-refractivity contribution in [3.63, 3.8) is 0 Å². The molecule has 2 N–H and O–H groups in total. The Morgan fingerprint density at radius 1 is 1.35 bits per heavy atom. The minimum absolute atomic E-state index is 0.758. The maximum Gasteiger partial charge on any atom is 0.173 e. The largest absolute Gasteiger partial charge is 0.399 e. The van der Waals surface area contributed by atoms with E-state index in [9.17, 15) is 0 Å². The quantitative estimate of drug-likeness (QED) is 0.863. The van der Waals surface area contributed by atoms with Gasteiger partial charge in [-0.25, -0.2) is 4.98 Å². The number of halogens is 1. The number of nitrogen functional groups attached to an aromatic ring is 1. The summed E-state index contributed by atoms with van der Waals surface area (Å²) in [7, 11) is 2.03. The molecule has 0 spiro atoms. The highest BCUT2D eigenvalue weighted by Gasteiger charge is 2.10. The van der Waals surface area contributed by atoms with Gasteiger partial charge in [-0.3, -0.25) is 0 Å². The van der Waals surface area contributed by atoms with Gasteiger partial charge in [-0.15, -0.1) is 0 Å². The van der Waals surface area contributed by atoms with Crippen LogP contribution in [0.2, 0.25) is 0 Å². The minimum Gasteiger partial charge on any atom is -0.399 e. The Morgan fingerprint density at radius 2 is 2.06 bits per heavy atom. The molecular weight excluding hydrogens is 298 g/mol. The van der Waals surface area contributed by atoms with Crippen LogP contribution in [0.3, 0.4) is 0 Å². The predicted molar refractivity (Wildman–Crippen MR) is 75.4 cm³/mol. The van der Waals surface area contributed by atoms with Gasteiger partial charge in [0, 0.05) is 27.8 Å². The van der Waals surface area contributed by atoms with Crippen LogP contribution in [0.4, 0.5) is 5.69 Å². The number of rotatable bonds is 2. The molecule has 1 heterocycles. The maximum atomic E-state index is 5.72. The molecule has 0 fully saturated rings. The normalized spacial score (nSPS) is 10.8. The lowest BCUT2D eigenvalue weighted by molar-refractivity contribution is 0.765. The predicted octanol–water partition coefficient (Wildman–Crippen LogP) is 3.53. The standard InChI is InChI=1S/C12H14BrN3S/c1-7-8(2)16(3)12(15-7)17-11-5-4-9(14)6-10(11)13/h4-6H,14H2,1-3H3. The van der Waals surface area contributed by atoms with Gasteiger partial charge in [0.2, 0.25) is 0 Å². The van der Waals surface area contributed by atoms with Crippen LogP contribution in [-0.2, 0) is 7.05 Å². The average Bonchev–Trinajstić information content (AvgIpc) is 2.50. The van der Waals surface area contributed by atoms with Gasteiger partial charge in [-0.1, -0.05) is 11.8 Å². The second kappa shape index (κ2) is 4.74. The molecule has 0 amide bonds. The molecule has 17 heavy (non-hydrogen) atoms. The van der Waals surface area contributed by atoms with Gasteiger partial charge < -0.3 is 10.3 Å². The first-order chi connectivity index (χ1) is 7.99. The fraction of sp³-hybridized carbons (Fsp3) is 0.250. The zero-order valence-corrected chi connectivity index (χ0v) is 12.4. The molecule has 0 unspecified atom stereocenters. The molecule has 2 aromatic rings. The molecule has 5 heteroatoms. The molecule has 0 saturated heterocycles. The number of benzene rings is 1. The van der Waals surface area contributed by atoms with Gasteiger partial charge in [-0.05, 0) is 48.0 Å². The summed E-state index contributed by atoms with van der Waals surface area (Å²) in [6, 6.07) is 5.81. The summed E-state index contributed by atoms with van der Waals surface area (Å²) in [4.78, 5) is 5.66. The number of aryl methyl sites for hydroxylation is 1. The monoisotopic (exact) mass is 311 g/mol.